The summed E-state index contributed by atoms with van der Waals surface area (Å²) in [5.74, 6) is -1.27. The van der Waals surface area contributed by atoms with Gasteiger partial charge in [0.05, 0.1) is 31.7 Å². The molecular weight excluding hydrogens is 369 g/mol. The van der Waals surface area contributed by atoms with Crippen molar-refractivity contribution in [2.24, 2.45) is 5.73 Å². The standard InChI is InChI=1S/C13H14BrF3N2O3/c1-22-12(21)5-10(19-11(20)6-18)7-2-8(13(15,16)17)4-9(14)3-7/h2-4,10H,5-6,18H2,1H3,(H,19,20)/t10-/m0/s1. The Balaban J connectivity index is 3.20. The number of ether oxygens (including phenoxy) is 1. The Kier molecular flexibility index (Phi) is 6.36. The topological polar surface area (TPSA) is 81.4 Å². The Morgan fingerprint density at radius 1 is 1.36 bits per heavy atom. The van der Waals surface area contributed by atoms with Gasteiger partial charge in [0, 0.05) is 4.47 Å². The molecule has 1 aromatic rings. The van der Waals surface area contributed by atoms with E-state index in [1.165, 1.54) is 6.07 Å². The van der Waals surface area contributed by atoms with E-state index in [2.05, 4.69) is 26.0 Å². The number of rotatable bonds is 5. The smallest absolute Gasteiger partial charge is 0.416 e. The Morgan fingerprint density at radius 3 is 2.50 bits per heavy atom. The molecular formula is C13H14BrF3N2O3. The molecule has 0 aromatic heterocycles. The zero-order valence-corrected chi connectivity index (χ0v) is 13.1. The van der Waals surface area contributed by atoms with Gasteiger partial charge in [-0.3, -0.25) is 9.59 Å². The van der Waals surface area contributed by atoms with Crippen LogP contribution in [0.1, 0.15) is 23.6 Å². The van der Waals surface area contributed by atoms with Gasteiger partial charge in [-0.2, -0.15) is 13.2 Å². The minimum absolute atomic E-state index is 0.119. The number of nitrogens with two attached hydrogens (primary N) is 1. The van der Waals surface area contributed by atoms with Gasteiger partial charge in [0.25, 0.3) is 0 Å². The summed E-state index contributed by atoms with van der Waals surface area (Å²) in [6, 6.07) is 2.19. The number of esters is 1. The van der Waals surface area contributed by atoms with Gasteiger partial charge < -0.3 is 15.8 Å². The number of carbonyl (C=O) groups excluding carboxylic acids is 2. The van der Waals surface area contributed by atoms with E-state index in [-0.39, 0.29) is 23.0 Å². The lowest BCUT2D eigenvalue weighted by Crippen LogP contribution is -2.35. The monoisotopic (exact) mass is 382 g/mol. The fourth-order valence-corrected chi connectivity index (χ4v) is 2.24. The van der Waals surface area contributed by atoms with Crippen LogP contribution in [0.15, 0.2) is 22.7 Å². The third-order valence-corrected chi connectivity index (χ3v) is 3.23. The van der Waals surface area contributed by atoms with Crippen LogP contribution in [0.2, 0.25) is 0 Å². The Morgan fingerprint density at radius 2 is 2.00 bits per heavy atom. The maximum absolute atomic E-state index is 12.8. The maximum Gasteiger partial charge on any atom is 0.416 e. The minimum atomic E-state index is -4.55. The molecule has 5 nitrogen and oxygen atoms in total. The number of amides is 1. The molecule has 1 atom stereocenters. The van der Waals surface area contributed by atoms with Crippen LogP contribution in [0.3, 0.4) is 0 Å². The SMILES string of the molecule is COC(=O)C[C@H](NC(=O)CN)c1cc(Br)cc(C(F)(F)F)c1. The van der Waals surface area contributed by atoms with E-state index in [9.17, 15) is 22.8 Å². The van der Waals surface area contributed by atoms with Crippen molar-refractivity contribution in [3.8, 4) is 0 Å². The fourth-order valence-electron chi connectivity index (χ4n) is 1.73. The van der Waals surface area contributed by atoms with Crippen molar-refractivity contribution in [2.45, 2.75) is 18.6 Å². The van der Waals surface area contributed by atoms with Crippen molar-refractivity contribution in [2.75, 3.05) is 13.7 Å². The van der Waals surface area contributed by atoms with Crippen molar-refractivity contribution in [1.29, 1.82) is 0 Å². The van der Waals surface area contributed by atoms with Gasteiger partial charge in [0.1, 0.15) is 0 Å². The zero-order valence-electron chi connectivity index (χ0n) is 11.5. The summed E-state index contributed by atoms with van der Waals surface area (Å²) in [4.78, 5) is 22.8. The molecule has 0 radical (unpaired) electrons. The molecule has 0 fully saturated rings. The molecule has 0 saturated heterocycles. The number of hydrogen-bond donors (Lipinski definition) is 2. The second kappa shape index (κ2) is 7.59. The first-order valence-corrected chi connectivity index (χ1v) is 6.90. The predicted octanol–water partition coefficient (Wildman–Crippen LogP) is 2.15. The molecule has 0 saturated carbocycles. The van der Waals surface area contributed by atoms with Gasteiger partial charge in [0.15, 0.2) is 0 Å². The summed E-state index contributed by atoms with van der Waals surface area (Å²) in [5, 5.41) is 2.40. The molecule has 1 rings (SSSR count). The van der Waals surface area contributed by atoms with Gasteiger partial charge >= 0.3 is 12.1 Å². The Hall–Kier alpha value is -1.61. The highest BCUT2D eigenvalue weighted by Crippen LogP contribution is 2.34. The highest BCUT2D eigenvalue weighted by molar-refractivity contribution is 9.10. The zero-order chi connectivity index (χ0) is 16.9. The third-order valence-electron chi connectivity index (χ3n) is 2.77. The van der Waals surface area contributed by atoms with Gasteiger partial charge in [-0.1, -0.05) is 15.9 Å². The first-order chi connectivity index (χ1) is 10.2. The van der Waals surface area contributed by atoms with Crippen molar-refractivity contribution < 1.29 is 27.5 Å². The van der Waals surface area contributed by atoms with E-state index in [4.69, 9.17) is 5.73 Å². The number of halogens is 4. The largest absolute Gasteiger partial charge is 0.469 e. The molecule has 0 aliphatic carbocycles. The fraction of sp³-hybridized carbons (Fsp3) is 0.385. The number of nitrogens with one attached hydrogen (secondary N) is 1. The summed E-state index contributed by atoms with van der Waals surface area (Å²) >= 11 is 2.99. The summed E-state index contributed by atoms with van der Waals surface area (Å²) in [7, 11) is 1.15. The lowest BCUT2D eigenvalue weighted by atomic mass is 10.0. The molecule has 0 bridgehead atoms. The summed E-state index contributed by atoms with van der Waals surface area (Å²) < 4.78 is 43.2. The molecule has 1 aromatic carbocycles. The number of methoxy groups -OCH3 is 1. The van der Waals surface area contributed by atoms with Crippen LogP contribution < -0.4 is 11.1 Å². The van der Waals surface area contributed by atoms with Crippen LogP contribution in [-0.4, -0.2) is 25.5 Å². The van der Waals surface area contributed by atoms with E-state index in [0.717, 1.165) is 19.2 Å². The number of benzene rings is 1. The summed E-state index contributed by atoms with van der Waals surface area (Å²) in [5.41, 5.74) is 4.40. The molecule has 122 valence electrons. The van der Waals surface area contributed by atoms with Gasteiger partial charge in [-0.15, -0.1) is 0 Å². The molecule has 0 heterocycles. The van der Waals surface area contributed by atoms with Crippen molar-refractivity contribution in [3.63, 3.8) is 0 Å². The van der Waals surface area contributed by atoms with Crippen LogP contribution in [0.4, 0.5) is 13.2 Å². The molecule has 22 heavy (non-hydrogen) atoms. The molecule has 0 spiro atoms. The van der Waals surface area contributed by atoms with E-state index in [0.29, 0.717) is 0 Å². The van der Waals surface area contributed by atoms with Gasteiger partial charge in [0.2, 0.25) is 5.91 Å². The van der Waals surface area contributed by atoms with E-state index in [1.54, 1.807) is 0 Å². The van der Waals surface area contributed by atoms with Gasteiger partial charge in [-0.05, 0) is 23.8 Å². The second-order valence-electron chi connectivity index (χ2n) is 4.38. The minimum Gasteiger partial charge on any atom is -0.469 e. The predicted molar refractivity (Wildman–Crippen MR) is 75.7 cm³/mol. The second-order valence-corrected chi connectivity index (χ2v) is 5.29. The van der Waals surface area contributed by atoms with Crippen LogP contribution in [-0.2, 0) is 20.5 Å². The van der Waals surface area contributed by atoms with Crippen LogP contribution in [0.5, 0.6) is 0 Å². The van der Waals surface area contributed by atoms with Crippen LogP contribution >= 0.6 is 15.9 Å². The average molecular weight is 383 g/mol. The first kappa shape index (κ1) is 18.4. The van der Waals surface area contributed by atoms with Crippen LogP contribution in [0.25, 0.3) is 0 Å². The molecule has 3 N–H and O–H groups in total. The molecule has 0 unspecified atom stereocenters. The Bertz CT molecular complexity index is 546. The first-order valence-electron chi connectivity index (χ1n) is 6.11. The third kappa shape index (κ3) is 5.30. The van der Waals surface area contributed by atoms with E-state index >= 15 is 0 Å². The van der Waals surface area contributed by atoms with E-state index in [1.807, 2.05) is 0 Å². The molecule has 0 aliphatic rings. The van der Waals surface area contributed by atoms with Gasteiger partial charge in [-0.25, -0.2) is 0 Å². The van der Waals surface area contributed by atoms with Crippen LogP contribution in [0, 0.1) is 0 Å². The highest BCUT2D eigenvalue weighted by Gasteiger charge is 2.32. The lowest BCUT2D eigenvalue weighted by molar-refractivity contribution is -0.141. The average Bonchev–Trinajstić information content (AvgIpc) is 2.44. The normalized spacial score (nSPS) is 12.6. The summed E-state index contributed by atoms with van der Waals surface area (Å²) in [6.45, 7) is -0.349. The Labute approximate surface area is 133 Å². The molecule has 0 aliphatic heterocycles. The number of carbonyl (C=O) groups is 2. The van der Waals surface area contributed by atoms with E-state index < -0.39 is 29.7 Å². The number of hydrogen-bond acceptors (Lipinski definition) is 4. The molecule has 1 amide bonds. The van der Waals surface area contributed by atoms with Crippen molar-refractivity contribution in [3.05, 3.63) is 33.8 Å². The summed E-state index contributed by atoms with van der Waals surface area (Å²) in [6.07, 6.45) is -4.86. The lowest BCUT2D eigenvalue weighted by Gasteiger charge is -2.19. The quantitative estimate of drug-likeness (QED) is 0.764. The maximum atomic E-state index is 12.8. The van der Waals surface area contributed by atoms with Crippen molar-refractivity contribution in [1.82, 2.24) is 5.32 Å². The number of alkyl halides is 3. The van der Waals surface area contributed by atoms with Crippen molar-refractivity contribution >= 4 is 27.8 Å². The highest BCUT2D eigenvalue weighted by atomic mass is 79.9. The molecule has 9 heteroatoms.